The second-order valence-corrected chi connectivity index (χ2v) is 3.84. The van der Waals surface area contributed by atoms with Gasteiger partial charge in [-0.05, 0) is 24.5 Å². The van der Waals surface area contributed by atoms with Gasteiger partial charge in [0.1, 0.15) is 5.69 Å². The zero-order valence-electron chi connectivity index (χ0n) is 8.48. The monoisotopic (exact) mass is 206 g/mol. The van der Waals surface area contributed by atoms with Crippen molar-refractivity contribution < 1.29 is 9.53 Å². The Hall–Kier alpha value is -1.58. The molecule has 0 aliphatic heterocycles. The number of pyridine rings is 1. The summed E-state index contributed by atoms with van der Waals surface area (Å²) >= 11 is 0. The van der Waals surface area contributed by atoms with Crippen molar-refractivity contribution >= 4 is 11.7 Å². The molecule has 0 spiro atoms. The molecule has 80 valence electrons. The number of nitrogen functional groups attached to an aromatic ring is 1. The number of carbonyl (C=O) groups is 1. The van der Waals surface area contributed by atoms with E-state index in [1.807, 2.05) is 0 Å². The molecule has 15 heavy (non-hydrogen) atoms. The van der Waals surface area contributed by atoms with Crippen LogP contribution in [0.4, 0.5) is 5.69 Å². The van der Waals surface area contributed by atoms with E-state index in [4.69, 9.17) is 10.5 Å². The van der Waals surface area contributed by atoms with Crippen LogP contribution >= 0.6 is 0 Å². The van der Waals surface area contributed by atoms with Crippen LogP contribution in [0.25, 0.3) is 0 Å². The molecule has 0 aromatic carbocycles. The normalized spacial score (nSPS) is 14.9. The van der Waals surface area contributed by atoms with Gasteiger partial charge in [-0.1, -0.05) is 12.8 Å². The predicted octanol–water partition coefficient (Wildman–Crippen LogP) is 1.62. The number of aromatic nitrogens is 1. The Balaban J connectivity index is 1.81. The summed E-state index contributed by atoms with van der Waals surface area (Å²) in [5.74, 6) is 0.410. The van der Waals surface area contributed by atoms with Crippen LogP contribution in [-0.2, 0) is 4.74 Å². The summed E-state index contributed by atoms with van der Waals surface area (Å²) in [6.45, 7) is 0.496. The molecule has 0 bridgehead atoms. The van der Waals surface area contributed by atoms with E-state index in [0.717, 1.165) is 12.3 Å². The standard InChI is InChI=1S/C11H14N2O2/c12-9-3-4-10(13-7-9)11(14)15-6-5-8-1-2-8/h3-4,7-8H,1-2,5-6,12H2. The lowest BCUT2D eigenvalue weighted by molar-refractivity contribution is 0.0488. The molecule has 0 unspecified atom stereocenters. The molecule has 1 saturated carbocycles. The first-order valence-electron chi connectivity index (χ1n) is 5.14. The second kappa shape index (κ2) is 4.29. The fourth-order valence-electron chi connectivity index (χ4n) is 1.32. The molecule has 1 fully saturated rings. The van der Waals surface area contributed by atoms with Gasteiger partial charge in [0.15, 0.2) is 0 Å². The average Bonchev–Trinajstić information content (AvgIpc) is 3.02. The van der Waals surface area contributed by atoms with Gasteiger partial charge in [0.2, 0.25) is 0 Å². The summed E-state index contributed by atoms with van der Waals surface area (Å²) in [6, 6.07) is 3.22. The maximum Gasteiger partial charge on any atom is 0.356 e. The topological polar surface area (TPSA) is 65.2 Å². The minimum atomic E-state index is -0.365. The lowest BCUT2D eigenvalue weighted by atomic mass is 10.3. The third-order valence-corrected chi connectivity index (χ3v) is 2.45. The van der Waals surface area contributed by atoms with Crippen molar-refractivity contribution in [3.05, 3.63) is 24.0 Å². The highest BCUT2D eigenvalue weighted by Gasteiger charge is 2.21. The molecule has 2 rings (SSSR count). The molecule has 4 nitrogen and oxygen atoms in total. The Morgan fingerprint density at radius 2 is 2.33 bits per heavy atom. The summed E-state index contributed by atoms with van der Waals surface area (Å²) < 4.78 is 5.08. The van der Waals surface area contributed by atoms with E-state index in [1.165, 1.54) is 19.0 Å². The number of nitrogens with two attached hydrogens (primary N) is 1. The molecular formula is C11H14N2O2. The summed E-state index contributed by atoms with van der Waals surface area (Å²) in [4.78, 5) is 15.3. The summed E-state index contributed by atoms with van der Waals surface area (Å²) in [6.07, 6.45) is 4.98. The Kier molecular flexibility index (Phi) is 2.85. The summed E-state index contributed by atoms with van der Waals surface area (Å²) in [7, 11) is 0. The van der Waals surface area contributed by atoms with Crippen molar-refractivity contribution in [3.8, 4) is 0 Å². The molecule has 0 amide bonds. The molecular weight excluding hydrogens is 192 g/mol. The van der Waals surface area contributed by atoms with E-state index in [-0.39, 0.29) is 5.97 Å². The van der Waals surface area contributed by atoms with Crippen molar-refractivity contribution in [2.75, 3.05) is 12.3 Å². The zero-order chi connectivity index (χ0) is 10.7. The van der Waals surface area contributed by atoms with Crippen molar-refractivity contribution in [2.24, 2.45) is 5.92 Å². The van der Waals surface area contributed by atoms with Gasteiger partial charge in [-0.2, -0.15) is 0 Å². The highest BCUT2D eigenvalue weighted by Crippen LogP contribution is 2.32. The van der Waals surface area contributed by atoms with Crippen molar-refractivity contribution in [3.63, 3.8) is 0 Å². The highest BCUT2D eigenvalue weighted by molar-refractivity contribution is 5.87. The Morgan fingerprint density at radius 1 is 1.53 bits per heavy atom. The lowest BCUT2D eigenvalue weighted by Gasteiger charge is -2.03. The van der Waals surface area contributed by atoms with E-state index in [2.05, 4.69) is 4.98 Å². The van der Waals surface area contributed by atoms with Gasteiger partial charge < -0.3 is 10.5 Å². The number of anilines is 1. The third-order valence-electron chi connectivity index (χ3n) is 2.45. The minimum Gasteiger partial charge on any atom is -0.461 e. The molecule has 1 aliphatic rings. The maximum absolute atomic E-state index is 11.4. The minimum absolute atomic E-state index is 0.319. The number of nitrogens with zero attached hydrogens (tertiary/aromatic N) is 1. The molecule has 0 atom stereocenters. The number of hydrogen-bond acceptors (Lipinski definition) is 4. The average molecular weight is 206 g/mol. The Morgan fingerprint density at radius 3 is 2.93 bits per heavy atom. The van der Waals surface area contributed by atoms with Crippen LogP contribution < -0.4 is 5.73 Å². The number of esters is 1. The number of rotatable bonds is 4. The predicted molar refractivity (Wildman–Crippen MR) is 56.3 cm³/mol. The van der Waals surface area contributed by atoms with Crippen LogP contribution in [0.5, 0.6) is 0 Å². The van der Waals surface area contributed by atoms with Crippen LogP contribution in [0.1, 0.15) is 29.8 Å². The molecule has 1 aromatic rings. The Labute approximate surface area is 88.4 Å². The SMILES string of the molecule is Nc1ccc(C(=O)OCCC2CC2)nc1. The van der Waals surface area contributed by atoms with Gasteiger partial charge >= 0.3 is 5.97 Å². The van der Waals surface area contributed by atoms with Crippen LogP contribution in [-0.4, -0.2) is 17.6 Å². The van der Waals surface area contributed by atoms with Gasteiger partial charge in [-0.15, -0.1) is 0 Å². The van der Waals surface area contributed by atoms with Gasteiger partial charge in [0.25, 0.3) is 0 Å². The summed E-state index contributed by atoms with van der Waals surface area (Å²) in [5, 5.41) is 0. The maximum atomic E-state index is 11.4. The van der Waals surface area contributed by atoms with E-state index >= 15 is 0 Å². The van der Waals surface area contributed by atoms with Crippen molar-refractivity contribution in [2.45, 2.75) is 19.3 Å². The van der Waals surface area contributed by atoms with Gasteiger partial charge in [-0.3, -0.25) is 0 Å². The highest BCUT2D eigenvalue weighted by atomic mass is 16.5. The zero-order valence-corrected chi connectivity index (χ0v) is 8.48. The fraction of sp³-hybridized carbons (Fsp3) is 0.455. The molecule has 0 saturated heterocycles. The van der Waals surface area contributed by atoms with Crippen molar-refractivity contribution in [1.29, 1.82) is 0 Å². The first kappa shape index (κ1) is 9.96. The van der Waals surface area contributed by atoms with E-state index in [0.29, 0.717) is 18.0 Å². The van der Waals surface area contributed by atoms with Gasteiger partial charge in [0.05, 0.1) is 18.5 Å². The van der Waals surface area contributed by atoms with Crippen LogP contribution in [0.15, 0.2) is 18.3 Å². The van der Waals surface area contributed by atoms with E-state index < -0.39 is 0 Å². The number of ether oxygens (including phenoxy) is 1. The molecule has 0 radical (unpaired) electrons. The molecule has 2 N–H and O–H groups in total. The summed E-state index contributed by atoms with van der Waals surface area (Å²) in [5.41, 5.74) is 6.33. The van der Waals surface area contributed by atoms with Crippen LogP contribution in [0, 0.1) is 5.92 Å². The third kappa shape index (κ3) is 2.94. The molecule has 4 heteroatoms. The van der Waals surface area contributed by atoms with Gasteiger partial charge in [0, 0.05) is 0 Å². The van der Waals surface area contributed by atoms with E-state index in [9.17, 15) is 4.79 Å². The first-order valence-corrected chi connectivity index (χ1v) is 5.14. The fourth-order valence-corrected chi connectivity index (χ4v) is 1.32. The van der Waals surface area contributed by atoms with E-state index in [1.54, 1.807) is 12.1 Å². The molecule has 1 aliphatic carbocycles. The smallest absolute Gasteiger partial charge is 0.356 e. The second-order valence-electron chi connectivity index (χ2n) is 3.84. The lowest BCUT2D eigenvalue weighted by Crippen LogP contribution is -2.08. The van der Waals surface area contributed by atoms with Gasteiger partial charge in [-0.25, -0.2) is 9.78 Å². The number of hydrogen-bond donors (Lipinski definition) is 1. The first-order chi connectivity index (χ1) is 7.25. The quantitative estimate of drug-likeness (QED) is 0.760. The largest absolute Gasteiger partial charge is 0.461 e. The molecule has 1 aromatic heterocycles. The Bertz CT molecular complexity index is 344. The number of carbonyl (C=O) groups excluding carboxylic acids is 1. The molecule has 1 heterocycles. The van der Waals surface area contributed by atoms with Crippen molar-refractivity contribution in [1.82, 2.24) is 4.98 Å². The van der Waals surface area contributed by atoms with Crippen LogP contribution in [0.3, 0.4) is 0 Å². The van der Waals surface area contributed by atoms with Crippen LogP contribution in [0.2, 0.25) is 0 Å².